The monoisotopic (exact) mass is 485 g/mol. The molecule has 34 heavy (non-hydrogen) atoms. The lowest BCUT2D eigenvalue weighted by atomic mass is 10.0. The molecular formula is C28H21Cl2N3O. The first-order chi connectivity index (χ1) is 16.5. The van der Waals surface area contributed by atoms with Gasteiger partial charge in [-0.1, -0.05) is 83.9 Å². The minimum atomic E-state index is -0.283. The number of hydrogen-bond donors (Lipinski definition) is 1. The van der Waals surface area contributed by atoms with Crippen LogP contribution in [0, 0.1) is 6.92 Å². The van der Waals surface area contributed by atoms with Crippen LogP contribution in [0.15, 0.2) is 91.4 Å². The Balaban J connectivity index is 1.42. The van der Waals surface area contributed by atoms with Gasteiger partial charge in [-0.2, -0.15) is 0 Å². The summed E-state index contributed by atoms with van der Waals surface area (Å²) in [6.07, 6.45) is 5.02. The standard InChI is InChI=1S/C28H21Cl2N3O/c1-18-16-33(17-19-7-9-21(10-8-19)20-5-3-2-4-6-20)26-13-22(11-12-23(18)26)28(34)32-27-24(29)14-31-15-25(27)30/h2-16H,17H2,1H3,(H,31,32,34). The van der Waals surface area contributed by atoms with Crippen molar-refractivity contribution in [3.05, 3.63) is 118 Å². The molecule has 0 fully saturated rings. The largest absolute Gasteiger partial charge is 0.343 e. The van der Waals surface area contributed by atoms with E-state index in [1.54, 1.807) is 0 Å². The molecular weight excluding hydrogens is 465 g/mol. The molecule has 0 saturated heterocycles. The van der Waals surface area contributed by atoms with Gasteiger partial charge in [0.2, 0.25) is 0 Å². The van der Waals surface area contributed by atoms with Crippen LogP contribution in [0.4, 0.5) is 5.69 Å². The van der Waals surface area contributed by atoms with Crippen LogP contribution in [0.5, 0.6) is 0 Å². The second-order valence-corrected chi connectivity index (χ2v) is 8.98. The van der Waals surface area contributed by atoms with Gasteiger partial charge in [0.05, 0.1) is 15.7 Å². The maximum atomic E-state index is 13.0. The number of aromatic nitrogens is 2. The quantitative estimate of drug-likeness (QED) is 0.278. The fourth-order valence-corrected chi connectivity index (χ4v) is 4.55. The third-order valence-electron chi connectivity index (χ3n) is 5.85. The lowest BCUT2D eigenvalue weighted by molar-refractivity contribution is 0.102. The van der Waals surface area contributed by atoms with Crippen molar-refractivity contribution in [2.24, 2.45) is 0 Å². The van der Waals surface area contributed by atoms with Gasteiger partial charge in [-0.3, -0.25) is 9.78 Å². The Morgan fingerprint density at radius 3 is 2.29 bits per heavy atom. The third kappa shape index (κ3) is 4.43. The predicted molar refractivity (Wildman–Crippen MR) is 140 cm³/mol. The first-order valence-corrected chi connectivity index (χ1v) is 11.6. The lowest BCUT2D eigenvalue weighted by Gasteiger charge is -2.10. The summed E-state index contributed by atoms with van der Waals surface area (Å²) in [4.78, 5) is 16.9. The van der Waals surface area contributed by atoms with E-state index < -0.39 is 0 Å². The maximum Gasteiger partial charge on any atom is 0.255 e. The highest BCUT2D eigenvalue weighted by molar-refractivity contribution is 6.39. The number of aryl methyl sites for hydroxylation is 1. The van der Waals surface area contributed by atoms with Gasteiger partial charge in [-0.15, -0.1) is 0 Å². The Bertz CT molecular complexity index is 1470. The number of pyridine rings is 1. The molecule has 0 saturated carbocycles. The molecule has 1 amide bonds. The van der Waals surface area contributed by atoms with Crippen molar-refractivity contribution in [2.45, 2.75) is 13.5 Å². The van der Waals surface area contributed by atoms with E-state index in [1.807, 2.05) is 36.4 Å². The molecule has 2 aromatic heterocycles. The molecule has 5 aromatic rings. The zero-order valence-corrected chi connectivity index (χ0v) is 19.9. The van der Waals surface area contributed by atoms with E-state index in [-0.39, 0.29) is 5.91 Å². The minimum Gasteiger partial charge on any atom is -0.343 e. The lowest BCUT2D eigenvalue weighted by Crippen LogP contribution is -2.13. The molecule has 3 aromatic carbocycles. The second-order valence-electron chi connectivity index (χ2n) is 8.17. The van der Waals surface area contributed by atoms with E-state index in [9.17, 15) is 4.79 Å². The fourth-order valence-electron chi connectivity index (χ4n) is 4.09. The first-order valence-electron chi connectivity index (χ1n) is 10.8. The first kappa shape index (κ1) is 22.2. The van der Waals surface area contributed by atoms with Crippen molar-refractivity contribution in [2.75, 3.05) is 5.32 Å². The van der Waals surface area contributed by atoms with Crippen LogP contribution < -0.4 is 5.32 Å². The van der Waals surface area contributed by atoms with E-state index in [1.165, 1.54) is 29.1 Å². The number of carbonyl (C=O) groups excluding carboxylic acids is 1. The number of anilines is 1. The summed E-state index contributed by atoms with van der Waals surface area (Å²) in [5, 5.41) is 4.50. The molecule has 4 nitrogen and oxygen atoms in total. The maximum absolute atomic E-state index is 13.0. The Morgan fingerprint density at radius 2 is 1.59 bits per heavy atom. The molecule has 2 heterocycles. The van der Waals surface area contributed by atoms with E-state index in [2.05, 4.69) is 64.4 Å². The number of rotatable bonds is 5. The van der Waals surface area contributed by atoms with Gasteiger partial charge >= 0.3 is 0 Å². The molecule has 0 unspecified atom stereocenters. The molecule has 0 radical (unpaired) electrons. The number of fused-ring (bicyclic) bond motifs is 1. The highest BCUT2D eigenvalue weighted by atomic mass is 35.5. The molecule has 1 N–H and O–H groups in total. The molecule has 0 bridgehead atoms. The van der Waals surface area contributed by atoms with Gasteiger partial charge in [0.1, 0.15) is 0 Å². The Hall–Kier alpha value is -3.60. The van der Waals surface area contributed by atoms with Crippen LogP contribution in [-0.4, -0.2) is 15.5 Å². The number of amides is 1. The van der Waals surface area contributed by atoms with Crippen molar-refractivity contribution in [1.82, 2.24) is 9.55 Å². The summed E-state index contributed by atoms with van der Waals surface area (Å²) in [7, 11) is 0. The number of carbonyl (C=O) groups is 1. The normalized spacial score (nSPS) is 11.0. The summed E-state index contributed by atoms with van der Waals surface area (Å²) in [5.41, 5.74) is 6.59. The van der Waals surface area contributed by atoms with Gasteiger partial charge in [-0.05, 0) is 41.3 Å². The summed E-state index contributed by atoms with van der Waals surface area (Å²) in [5.74, 6) is -0.283. The average molecular weight is 486 g/mol. The second kappa shape index (κ2) is 9.34. The van der Waals surface area contributed by atoms with Crippen molar-refractivity contribution < 1.29 is 4.79 Å². The molecule has 0 spiro atoms. The summed E-state index contributed by atoms with van der Waals surface area (Å²) in [6.45, 7) is 2.78. The van der Waals surface area contributed by atoms with Crippen LogP contribution in [0.1, 0.15) is 21.5 Å². The number of nitrogens with zero attached hydrogens (tertiary/aromatic N) is 2. The predicted octanol–water partition coefficient (Wildman–Crippen LogP) is 7.62. The fraction of sp³-hybridized carbons (Fsp3) is 0.0714. The van der Waals surface area contributed by atoms with Crippen LogP contribution in [-0.2, 0) is 6.54 Å². The molecule has 0 aliphatic rings. The van der Waals surface area contributed by atoms with E-state index in [0.29, 0.717) is 27.8 Å². The van der Waals surface area contributed by atoms with Crippen molar-refractivity contribution >= 4 is 45.7 Å². The van der Waals surface area contributed by atoms with Crippen LogP contribution in [0.2, 0.25) is 10.0 Å². The number of hydrogen-bond acceptors (Lipinski definition) is 2. The Labute approximate surface area is 207 Å². The molecule has 168 valence electrons. The molecule has 0 aliphatic carbocycles. The smallest absolute Gasteiger partial charge is 0.255 e. The van der Waals surface area contributed by atoms with Crippen molar-refractivity contribution in [3.8, 4) is 11.1 Å². The highest BCUT2D eigenvalue weighted by Crippen LogP contribution is 2.30. The van der Waals surface area contributed by atoms with E-state index >= 15 is 0 Å². The van der Waals surface area contributed by atoms with Gasteiger partial charge in [0.25, 0.3) is 5.91 Å². The molecule has 6 heteroatoms. The zero-order chi connectivity index (χ0) is 23.7. The summed E-state index contributed by atoms with van der Waals surface area (Å²) < 4.78 is 2.17. The Kier molecular flexibility index (Phi) is 6.10. The van der Waals surface area contributed by atoms with Crippen LogP contribution in [0.3, 0.4) is 0 Å². The summed E-state index contributed by atoms with van der Waals surface area (Å²) in [6, 6.07) is 24.6. The van der Waals surface area contributed by atoms with Gasteiger partial charge in [0, 0.05) is 41.6 Å². The number of nitrogens with one attached hydrogen (secondary N) is 1. The van der Waals surface area contributed by atoms with E-state index in [4.69, 9.17) is 23.2 Å². The topological polar surface area (TPSA) is 46.9 Å². The van der Waals surface area contributed by atoms with Gasteiger partial charge in [-0.25, -0.2) is 0 Å². The third-order valence-corrected chi connectivity index (χ3v) is 6.42. The Morgan fingerprint density at radius 1 is 0.912 bits per heavy atom. The SMILES string of the molecule is Cc1cn(Cc2ccc(-c3ccccc3)cc2)c2cc(C(=O)Nc3c(Cl)cncc3Cl)ccc12. The summed E-state index contributed by atoms with van der Waals surface area (Å²) >= 11 is 12.3. The molecule has 0 atom stereocenters. The van der Waals surface area contributed by atoms with Crippen molar-refractivity contribution in [3.63, 3.8) is 0 Å². The molecule has 0 aliphatic heterocycles. The van der Waals surface area contributed by atoms with Crippen LogP contribution in [0.25, 0.3) is 22.0 Å². The van der Waals surface area contributed by atoms with E-state index in [0.717, 1.165) is 16.5 Å². The average Bonchev–Trinajstić information content (AvgIpc) is 3.17. The minimum absolute atomic E-state index is 0.283. The zero-order valence-electron chi connectivity index (χ0n) is 18.4. The molecule has 5 rings (SSSR count). The van der Waals surface area contributed by atoms with Crippen molar-refractivity contribution in [1.29, 1.82) is 0 Å². The number of benzene rings is 3. The highest BCUT2D eigenvalue weighted by Gasteiger charge is 2.14. The van der Waals surface area contributed by atoms with Gasteiger partial charge < -0.3 is 9.88 Å². The van der Waals surface area contributed by atoms with Gasteiger partial charge in [0.15, 0.2) is 0 Å². The number of halogens is 2. The van der Waals surface area contributed by atoms with Crippen LogP contribution >= 0.6 is 23.2 Å².